The second-order valence-corrected chi connectivity index (χ2v) is 9.13. The first-order valence-corrected chi connectivity index (χ1v) is 12.6. The van der Waals surface area contributed by atoms with Crippen molar-refractivity contribution in [3.63, 3.8) is 0 Å². The highest BCUT2D eigenvalue weighted by Gasteiger charge is 2.24. The van der Waals surface area contributed by atoms with Crippen LogP contribution in [0, 0.1) is 0 Å². The average molecular weight is 541 g/mol. The number of rotatable bonds is 4. The molecule has 192 valence electrons. The zero-order valence-electron chi connectivity index (χ0n) is 39.0. The van der Waals surface area contributed by atoms with Crippen LogP contribution in [0.25, 0.3) is 77.2 Å². The minimum Gasteiger partial charge on any atom is -0.455 e. The monoisotopic (exact) mass is 540 g/mol. The predicted molar refractivity (Wildman–Crippen MR) is 173 cm³/mol. The van der Waals surface area contributed by atoms with Crippen LogP contribution in [0.2, 0.25) is 0 Å². The maximum Gasteiger partial charge on any atom is 0.143 e. The maximum atomic E-state index is 9.41. The molecule has 7 aromatic carbocycles. The van der Waals surface area contributed by atoms with Crippen molar-refractivity contribution in [2.75, 3.05) is 0 Å². The van der Waals surface area contributed by atoms with E-state index in [1.165, 1.54) is 18.2 Å². The van der Waals surface area contributed by atoms with Gasteiger partial charge in [0, 0.05) is 22.1 Å². The Hall–Kier alpha value is -5.40. The molecule has 0 radical (unpaired) electrons. The van der Waals surface area contributed by atoms with Gasteiger partial charge in [-0.15, -0.1) is 0 Å². The van der Waals surface area contributed by atoms with Crippen molar-refractivity contribution in [3.05, 3.63) is 157 Å². The normalized spacial score (nSPS) is 17.6. The van der Waals surface area contributed by atoms with E-state index < -0.39 is 120 Å². The highest BCUT2D eigenvalue weighted by Crippen LogP contribution is 2.49. The third-order valence-corrected chi connectivity index (χ3v) is 6.89. The van der Waals surface area contributed by atoms with Gasteiger partial charge in [-0.2, -0.15) is 0 Å². The lowest BCUT2D eigenvalue weighted by Gasteiger charge is -2.18. The summed E-state index contributed by atoms with van der Waals surface area (Å²) in [5.41, 5.74) is -0.791. The van der Waals surface area contributed by atoms with Gasteiger partial charge in [0.1, 0.15) is 11.3 Å². The number of fused-ring (bicyclic) bond motifs is 3. The van der Waals surface area contributed by atoms with Gasteiger partial charge in [0.25, 0.3) is 0 Å². The summed E-state index contributed by atoms with van der Waals surface area (Å²) in [4.78, 5) is 0. The smallest absolute Gasteiger partial charge is 0.143 e. The molecule has 0 fully saturated rings. The van der Waals surface area contributed by atoms with Crippen molar-refractivity contribution in [1.82, 2.24) is 0 Å². The van der Waals surface area contributed by atoms with E-state index in [1.807, 2.05) is 0 Å². The molecule has 8 aromatic rings. The van der Waals surface area contributed by atoms with Gasteiger partial charge in [-0.25, -0.2) is 0 Å². The lowest BCUT2D eigenvalue weighted by molar-refractivity contribution is 0.632. The molecule has 0 saturated heterocycles. The Morgan fingerprint density at radius 2 is 0.927 bits per heavy atom. The molecule has 41 heavy (non-hydrogen) atoms. The molecule has 0 aliphatic heterocycles. The maximum absolute atomic E-state index is 9.41. The molecule has 0 amide bonds. The van der Waals surface area contributed by atoms with Crippen LogP contribution in [0.1, 0.15) is 24.7 Å². The van der Waals surface area contributed by atoms with E-state index in [2.05, 4.69) is 0 Å². The third-order valence-electron chi connectivity index (χ3n) is 6.89. The van der Waals surface area contributed by atoms with Gasteiger partial charge in [0.2, 0.25) is 0 Å². The van der Waals surface area contributed by atoms with E-state index in [4.69, 9.17) is 23.6 Å². The van der Waals surface area contributed by atoms with Gasteiger partial charge in [-0.3, -0.25) is 0 Å². The molecule has 0 saturated carbocycles. The van der Waals surface area contributed by atoms with Gasteiger partial charge in [0.15, 0.2) is 0 Å². The minimum atomic E-state index is -0.745. The number of hydrogen-bond donors (Lipinski definition) is 0. The molecule has 1 nitrogen and oxygen atoms in total. The van der Waals surface area contributed by atoms with Crippen molar-refractivity contribution in [2.45, 2.75) is 0 Å². The number of furan rings is 1. The molecule has 8 rings (SSSR count). The summed E-state index contributed by atoms with van der Waals surface area (Å²) < 4.78 is 164. The fourth-order valence-corrected chi connectivity index (χ4v) is 5.20. The number of hydrogen-bond acceptors (Lipinski definition) is 1. The first-order chi connectivity index (χ1) is 27.8. The van der Waals surface area contributed by atoms with Crippen LogP contribution in [-0.4, -0.2) is 0 Å². The van der Waals surface area contributed by atoms with E-state index in [9.17, 15) is 5.48 Å². The highest BCUT2D eigenvalue weighted by atomic mass is 16.3. The summed E-state index contributed by atoms with van der Waals surface area (Å²) in [6.07, 6.45) is 0. The molecule has 1 heteroatoms. The minimum absolute atomic E-state index is 0.00833. The summed E-state index contributed by atoms with van der Waals surface area (Å²) in [5, 5.41) is -0.824. The zero-order valence-corrected chi connectivity index (χ0v) is 21.0. The van der Waals surface area contributed by atoms with Crippen molar-refractivity contribution in [3.8, 4) is 44.7 Å². The third kappa shape index (κ3) is 3.86. The summed E-state index contributed by atoms with van der Waals surface area (Å²) in [6, 6.07) is 0.557. The Morgan fingerprint density at radius 3 is 1.54 bits per heavy atom. The fourth-order valence-electron chi connectivity index (χ4n) is 5.20. The molecular weight excluding hydrogens is 496 g/mol. The van der Waals surface area contributed by atoms with Crippen LogP contribution in [0.15, 0.2) is 162 Å². The fraction of sp³-hybridized carbons (Fsp3) is 0. The molecule has 1 aromatic heterocycles. The Bertz CT molecular complexity index is 3050. The molecule has 0 atom stereocenters. The quantitative estimate of drug-likeness (QED) is 0.202. The van der Waals surface area contributed by atoms with Gasteiger partial charge in [0.05, 0.1) is 24.7 Å². The first-order valence-electron chi connectivity index (χ1n) is 21.6. The van der Waals surface area contributed by atoms with E-state index in [1.54, 1.807) is 30.3 Å². The van der Waals surface area contributed by atoms with Gasteiger partial charge in [-0.05, 0) is 55.9 Å². The van der Waals surface area contributed by atoms with Crippen LogP contribution in [0.4, 0.5) is 0 Å². The van der Waals surface area contributed by atoms with Crippen molar-refractivity contribution in [2.24, 2.45) is 0 Å². The van der Waals surface area contributed by atoms with Crippen molar-refractivity contribution >= 4 is 32.5 Å². The molecule has 1 heterocycles. The van der Waals surface area contributed by atoms with Crippen LogP contribution >= 0.6 is 0 Å². The predicted octanol–water partition coefficient (Wildman–Crippen LogP) is 11.4. The first kappa shape index (κ1) is 11.6. The van der Waals surface area contributed by atoms with Crippen LogP contribution in [-0.2, 0) is 0 Å². The highest BCUT2D eigenvalue weighted by molar-refractivity contribution is 6.25. The average Bonchev–Trinajstić information content (AvgIpc) is 3.60. The number of benzene rings is 7. The summed E-state index contributed by atoms with van der Waals surface area (Å²) in [7, 11) is 0. The van der Waals surface area contributed by atoms with Crippen molar-refractivity contribution in [1.29, 1.82) is 0 Å². The molecule has 0 aliphatic rings. The molecule has 0 bridgehead atoms. The lowest BCUT2D eigenvalue weighted by atomic mass is 9.84. The van der Waals surface area contributed by atoms with Crippen LogP contribution in [0.3, 0.4) is 0 Å². The zero-order chi connectivity index (χ0) is 42.8. The Morgan fingerprint density at radius 1 is 0.390 bits per heavy atom. The summed E-state index contributed by atoms with van der Waals surface area (Å²) in [5.74, 6) is -0.426. The Balaban J connectivity index is 1.73. The van der Waals surface area contributed by atoms with E-state index >= 15 is 0 Å². The van der Waals surface area contributed by atoms with Crippen molar-refractivity contribution < 1.29 is 29.1 Å². The largest absolute Gasteiger partial charge is 0.455 e. The van der Waals surface area contributed by atoms with Crippen LogP contribution in [0.5, 0.6) is 0 Å². The van der Waals surface area contributed by atoms with Crippen LogP contribution < -0.4 is 0 Å². The van der Waals surface area contributed by atoms with Gasteiger partial charge >= 0.3 is 0 Å². The van der Waals surface area contributed by atoms with Gasteiger partial charge in [-0.1, -0.05) is 145 Å². The standard InChI is InChI=1S/C40H26O/c1-4-14-27(15-5-1)30-24-25-36-35(26-30)39(40(41-36)29-18-8-3-9-19-29)38-33-22-12-10-20-31(33)37(28-16-6-2-7-17-28)32-21-11-13-23-34(32)38/h1-26H/i1D,3D,4D,5D,8D,9D,10D,11D,12D,13D,14D,15D,18D,19D,20D,21D,22D,23D. The van der Waals surface area contributed by atoms with E-state index in [0.29, 0.717) is 5.56 Å². The molecule has 0 N–H and O–H groups in total. The molecule has 0 aliphatic carbocycles. The summed E-state index contributed by atoms with van der Waals surface area (Å²) >= 11 is 0. The second-order valence-electron chi connectivity index (χ2n) is 9.13. The topological polar surface area (TPSA) is 13.1 Å². The van der Waals surface area contributed by atoms with Gasteiger partial charge < -0.3 is 4.42 Å². The molecular formula is C40H26O. The summed E-state index contributed by atoms with van der Waals surface area (Å²) in [6.45, 7) is 0. The molecule has 0 spiro atoms. The SMILES string of the molecule is [2H]c1c([2H])c([2H])c(-c2ccc3oc(-c4c([2H])c([2H])c([2H])c([2H])c4[2H])c(-c4c5c([2H])c([2H])c([2H])c([2H])c5c(-c5ccccc5)c5c([2H])c([2H])c([2H])c([2H])c45)c3c2)c([2H])c1[2H]. The van der Waals surface area contributed by atoms with E-state index in [0.717, 1.165) is 0 Å². The lowest BCUT2D eigenvalue weighted by Crippen LogP contribution is -1.91. The van der Waals surface area contributed by atoms with E-state index in [-0.39, 0.29) is 60.3 Å². The molecule has 0 unspecified atom stereocenters. The second kappa shape index (κ2) is 9.66. The Labute approximate surface area is 264 Å². The Kier molecular flexibility index (Phi) is 2.73.